The normalized spacial score (nSPS) is 11.4. The van der Waals surface area contributed by atoms with Gasteiger partial charge in [0, 0.05) is 53.9 Å². The van der Waals surface area contributed by atoms with E-state index in [2.05, 4.69) is 46.8 Å². The summed E-state index contributed by atoms with van der Waals surface area (Å²) in [5.41, 5.74) is 6.95. The zero-order chi connectivity index (χ0) is 38.0. The van der Waals surface area contributed by atoms with Crippen LogP contribution in [0.3, 0.4) is 0 Å². The first-order valence-electron chi connectivity index (χ1n) is 15.9. The van der Waals surface area contributed by atoms with Crippen LogP contribution >= 0.6 is 0 Å². The Hall–Kier alpha value is -6.37. The SMILES string of the molecule is CC(=O)NCCn1nnc(-c2ccccc2Nc2cccc(C(F)(F)F)c2)n1.NCCn1nnc(-c2ccccc2Nc2cccc(C(F)(F)F)c2)n1. The summed E-state index contributed by atoms with van der Waals surface area (Å²) in [7, 11) is 0. The number of nitrogens with one attached hydrogen (secondary N) is 3. The second kappa shape index (κ2) is 16.8. The molecule has 53 heavy (non-hydrogen) atoms. The Morgan fingerprint density at radius 3 is 1.55 bits per heavy atom. The van der Waals surface area contributed by atoms with Gasteiger partial charge in [-0.25, -0.2) is 0 Å². The summed E-state index contributed by atoms with van der Waals surface area (Å²) in [6.45, 7) is 2.91. The highest BCUT2D eigenvalue weighted by Gasteiger charge is 2.31. The maximum absolute atomic E-state index is 12.9. The molecule has 19 heteroatoms. The summed E-state index contributed by atoms with van der Waals surface area (Å²) in [5, 5.41) is 32.9. The van der Waals surface area contributed by atoms with Crippen LogP contribution in [0.5, 0.6) is 0 Å². The van der Waals surface area contributed by atoms with Gasteiger partial charge in [-0.05, 0) is 71.1 Å². The lowest BCUT2D eigenvalue weighted by Crippen LogP contribution is -2.25. The van der Waals surface area contributed by atoms with Crippen LogP contribution in [-0.4, -0.2) is 59.4 Å². The minimum Gasteiger partial charge on any atom is -0.355 e. The van der Waals surface area contributed by atoms with Crippen molar-refractivity contribution in [3.63, 3.8) is 0 Å². The van der Waals surface area contributed by atoms with Crippen molar-refractivity contribution in [3.8, 4) is 22.8 Å². The molecule has 5 N–H and O–H groups in total. The summed E-state index contributed by atoms with van der Waals surface area (Å²) in [6.07, 6.45) is -8.82. The third kappa shape index (κ3) is 10.6. The van der Waals surface area contributed by atoms with Crippen molar-refractivity contribution in [3.05, 3.63) is 108 Å². The number of rotatable bonds is 11. The van der Waals surface area contributed by atoms with Crippen molar-refractivity contribution in [2.45, 2.75) is 32.4 Å². The fourth-order valence-corrected chi connectivity index (χ4v) is 4.77. The third-order valence-electron chi connectivity index (χ3n) is 7.19. The number of carbonyl (C=O) groups is 1. The summed E-state index contributed by atoms with van der Waals surface area (Å²) in [6, 6.07) is 24.0. The molecule has 0 radical (unpaired) electrons. The van der Waals surface area contributed by atoms with Gasteiger partial charge in [0.15, 0.2) is 0 Å². The zero-order valence-corrected chi connectivity index (χ0v) is 27.9. The molecule has 0 bridgehead atoms. The number of amides is 1. The Balaban J connectivity index is 0.000000206. The lowest BCUT2D eigenvalue weighted by atomic mass is 10.1. The van der Waals surface area contributed by atoms with Crippen molar-refractivity contribution in [1.29, 1.82) is 0 Å². The largest absolute Gasteiger partial charge is 0.416 e. The Morgan fingerprint density at radius 1 is 0.660 bits per heavy atom. The van der Waals surface area contributed by atoms with Gasteiger partial charge in [-0.1, -0.05) is 36.4 Å². The monoisotopic (exact) mass is 738 g/mol. The van der Waals surface area contributed by atoms with Crippen LogP contribution in [0.25, 0.3) is 22.8 Å². The Kier molecular flexibility index (Phi) is 12.0. The first-order valence-corrected chi connectivity index (χ1v) is 15.9. The number of benzene rings is 4. The van der Waals surface area contributed by atoms with E-state index in [1.54, 1.807) is 60.7 Å². The topological polar surface area (TPSA) is 166 Å². The first kappa shape index (κ1) is 37.9. The molecule has 0 spiro atoms. The number of halogens is 6. The molecule has 0 saturated heterocycles. The van der Waals surface area contributed by atoms with Gasteiger partial charge < -0.3 is 21.7 Å². The summed E-state index contributed by atoms with van der Waals surface area (Å²) in [5.74, 6) is 0.525. The fraction of sp³-hybridized carbons (Fsp3) is 0.206. The molecular formula is C34H32F6N12O. The van der Waals surface area contributed by atoms with Crippen LogP contribution in [0.15, 0.2) is 97.1 Å². The maximum Gasteiger partial charge on any atom is 0.416 e. The summed E-state index contributed by atoms with van der Waals surface area (Å²) >= 11 is 0. The van der Waals surface area contributed by atoms with Crippen LogP contribution in [0, 0.1) is 0 Å². The number of aromatic nitrogens is 8. The van der Waals surface area contributed by atoms with Crippen LogP contribution in [0.2, 0.25) is 0 Å². The highest BCUT2D eigenvalue weighted by molar-refractivity contribution is 5.78. The lowest BCUT2D eigenvalue weighted by molar-refractivity contribution is -0.138. The molecule has 1 amide bonds. The molecule has 2 aromatic heterocycles. The van der Waals surface area contributed by atoms with Gasteiger partial charge >= 0.3 is 12.4 Å². The predicted molar refractivity (Wildman–Crippen MR) is 184 cm³/mol. The third-order valence-corrected chi connectivity index (χ3v) is 7.19. The lowest BCUT2D eigenvalue weighted by Gasteiger charge is -2.12. The molecule has 0 aliphatic heterocycles. The second-order valence-corrected chi connectivity index (χ2v) is 11.2. The first-order chi connectivity index (χ1) is 25.3. The van der Waals surface area contributed by atoms with E-state index in [4.69, 9.17) is 5.73 Å². The van der Waals surface area contributed by atoms with E-state index in [-0.39, 0.29) is 5.91 Å². The van der Waals surface area contributed by atoms with E-state index < -0.39 is 23.5 Å². The van der Waals surface area contributed by atoms with E-state index in [1.807, 2.05) is 0 Å². The molecule has 0 aliphatic carbocycles. The van der Waals surface area contributed by atoms with Gasteiger partial charge in [-0.3, -0.25) is 4.79 Å². The quantitative estimate of drug-likeness (QED) is 0.111. The van der Waals surface area contributed by atoms with E-state index >= 15 is 0 Å². The minimum absolute atomic E-state index is 0.157. The number of alkyl halides is 6. The van der Waals surface area contributed by atoms with Gasteiger partial charge in [0.2, 0.25) is 17.6 Å². The Bertz CT molecular complexity index is 2130. The molecule has 2 heterocycles. The van der Waals surface area contributed by atoms with E-state index in [0.29, 0.717) is 71.7 Å². The maximum atomic E-state index is 12.9. The Morgan fingerprint density at radius 2 is 1.11 bits per heavy atom. The van der Waals surface area contributed by atoms with E-state index in [9.17, 15) is 31.1 Å². The smallest absolute Gasteiger partial charge is 0.355 e. The summed E-state index contributed by atoms with van der Waals surface area (Å²) < 4.78 is 77.3. The number of nitrogens with two attached hydrogens (primary N) is 1. The van der Waals surface area contributed by atoms with Crippen LogP contribution in [0.4, 0.5) is 49.1 Å². The van der Waals surface area contributed by atoms with E-state index in [0.717, 1.165) is 24.3 Å². The molecule has 13 nitrogen and oxygen atoms in total. The molecule has 6 rings (SSSR count). The number of nitrogens with zero attached hydrogens (tertiary/aromatic N) is 8. The molecular weight excluding hydrogens is 706 g/mol. The number of hydrogen-bond acceptors (Lipinski definition) is 10. The van der Waals surface area contributed by atoms with Crippen LogP contribution < -0.4 is 21.7 Å². The van der Waals surface area contributed by atoms with Crippen molar-refractivity contribution >= 4 is 28.7 Å². The van der Waals surface area contributed by atoms with Gasteiger partial charge in [-0.2, -0.15) is 35.9 Å². The summed E-state index contributed by atoms with van der Waals surface area (Å²) in [4.78, 5) is 13.6. The number of carbonyl (C=O) groups excluding carboxylic acids is 1. The predicted octanol–water partition coefficient (Wildman–Crippen LogP) is 6.30. The standard InChI is InChI=1S/C18H17F3N6O.C16H15F3N6/c1-12(28)22-9-10-27-25-17(24-26-27)15-7-2-3-8-16(15)23-14-6-4-5-13(11-14)18(19,20)21;17-16(18,19)11-4-3-5-12(10-11)21-14-7-2-1-6-13(14)15-22-24-25(23-15)9-8-20/h2-8,11,23H,9-10H2,1H3,(H,22,28);1-7,10,21H,8-9,20H2. The van der Waals surface area contributed by atoms with E-state index in [1.165, 1.54) is 28.6 Å². The van der Waals surface area contributed by atoms with Crippen molar-refractivity contribution < 1.29 is 31.1 Å². The fourth-order valence-electron chi connectivity index (χ4n) is 4.77. The van der Waals surface area contributed by atoms with Gasteiger partial charge in [0.25, 0.3) is 0 Å². The molecule has 0 unspecified atom stereocenters. The Labute approximate surface area is 298 Å². The van der Waals surface area contributed by atoms with Gasteiger partial charge in [0.1, 0.15) is 0 Å². The zero-order valence-electron chi connectivity index (χ0n) is 27.9. The molecule has 0 aliphatic rings. The number of para-hydroxylation sites is 2. The average molecular weight is 739 g/mol. The molecule has 0 atom stereocenters. The molecule has 0 saturated carbocycles. The molecule has 4 aromatic carbocycles. The van der Waals surface area contributed by atoms with Gasteiger partial charge in [-0.15, -0.1) is 20.4 Å². The van der Waals surface area contributed by atoms with Gasteiger partial charge in [0.05, 0.1) is 24.2 Å². The number of tetrazole rings is 2. The average Bonchev–Trinajstić information content (AvgIpc) is 3.79. The van der Waals surface area contributed by atoms with Crippen molar-refractivity contribution in [2.24, 2.45) is 5.73 Å². The van der Waals surface area contributed by atoms with Crippen LogP contribution in [0.1, 0.15) is 18.1 Å². The number of hydrogen-bond donors (Lipinski definition) is 4. The minimum atomic E-state index is -4.42. The van der Waals surface area contributed by atoms with Crippen LogP contribution in [-0.2, 0) is 30.2 Å². The molecule has 6 aromatic rings. The highest BCUT2D eigenvalue weighted by Crippen LogP contribution is 2.34. The molecule has 276 valence electrons. The number of anilines is 4. The highest BCUT2D eigenvalue weighted by atomic mass is 19.4. The molecule has 0 fully saturated rings. The second-order valence-electron chi connectivity index (χ2n) is 11.2. The van der Waals surface area contributed by atoms with Crippen molar-refractivity contribution in [1.82, 2.24) is 45.7 Å². The van der Waals surface area contributed by atoms with Crippen molar-refractivity contribution in [2.75, 3.05) is 23.7 Å².